The van der Waals surface area contributed by atoms with Gasteiger partial charge >= 0.3 is 0 Å². The number of nitrogens with zero attached hydrogens (tertiary/aromatic N) is 2. The molecule has 166 valence electrons. The highest BCUT2D eigenvalue weighted by Gasteiger charge is 2.61. The summed E-state index contributed by atoms with van der Waals surface area (Å²) in [6, 6.07) is 21.6. The Labute approximate surface area is 200 Å². The van der Waals surface area contributed by atoms with Crippen LogP contribution in [0.4, 0.5) is 17.1 Å². The SMILES string of the molecule is Cc1ccc(NC(=O)CN2C(=O)C3(SCC(=O)N3c3ccc(Cl)cc3)c3ccccc32)cc1. The van der Waals surface area contributed by atoms with Crippen LogP contribution in [0.25, 0.3) is 0 Å². The van der Waals surface area contributed by atoms with Crippen LogP contribution in [0.5, 0.6) is 0 Å². The summed E-state index contributed by atoms with van der Waals surface area (Å²) < 4.78 is 0. The zero-order valence-corrected chi connectivity index (χ0v) is 19.3. The van der Waals surface area contributed by atoms with E-state index in [1.807, 2.05) is 55.5 Å². The van der Waals surface area contributed by atoms with E-state index in [1.54, 1.807) is 24.3 Å². The number of thioether (sulfide) groups is 1. The van der Waals surface area contributed by atoms with E-state index in [0.717, 1.165) is 5.56 Å². The van der Waals surface area contributed by atoms with Crippen LogP contribution < -0.4 is 15.1 Å². The molecule has 1 unspecified atom stereocenters. The first kappa shape index (κ1) is 21.6. The van der Waals surface area contributed by atoms with E-state index in [4.69, 9.17) is 11.6 Å². The Balaban J connectivity index is 1.50. The summed E-state index contributed by atoms with van der Waals surface area (Å²) in [6.07, 6.45) is 0. The van der Waals surface area contributed by atoms with Gasteiger partial charge in [0.05, 0.1) is 11.4 Å². The third kappa shape index (κ3) is 3.57. The molecule has 0 radical (unpaired) electrons. The van der Waals surface area contributed by atoms with Gasteiger partial charge in [0.2, 0.25) is 16.7 Å². The number of anilines is 3. The molecule has 33 heavy (non-hydrogen) atoms. The van der Waals surface area contributed by atoms with Gasteiger partial charge in [0.25, 0.3) is 5.91 Å². The molecule has 8 heteroatoms. The minimum absolute atomic E-state index is 0.158. The monoisotopic (exact) mass is 477 g/mol. The standard InChI is InChI=1S/C25H20ClN3O3S/c1-16-6-10-18(11-7-16)27-22(30)14-28-21-5-3-2-4-20(21)25(24(28)32)29(23(31)15-33-25)19-12-8-17(26)9-13-19/h2-13H,14-15H2,1H3,(H,27,30). The number of aryl methyl sites for hydroxylation is 1. The molecular weight excluding hydrogens is 458 g/mol. The number of carbonyl (C=O) groups excluding carboxylic acids is 3. The molecule has 0 saturated carbocycles. The van der Waals surface area contributed by atoms with Gasteiger partial charge in [-0.25, -0.2) is 0 Å². The highest BCUT2D eigenvalue weighted by molar-refractivity contribution is 8.02. The van der Waals surface area contributed by atoms with Crippen LogP contribution in [0, 0.1) is 6.92 Å². The van der Waals surface area contributed by atoms with E-state index in [0.29, 0.717) is 27.6 Å². The van der Waals surface area contributed by atoms with Crippen molar-refractivity contribution in [2.45, 2.75) is 11.8 Å². The number of amides is 3. The molecule has 3 aromatic carbocycles. The molecule has 1 saturated heterocycles. The van der Waals surface area contributed by atoms with Crippen LogP contribution in [0.3, 0.4) is 0 Å². The largest absolute Gasteiger partial charge is 0.325 e. The smallest absolute Gasteiger partial charge is 0.269 e. The van der Waals surface area contributed by atoms with Crippen molar-refractivity contribution in [2.24, 2.45) is 0 Å². The lowest BCUT2D eigenvalue weighted by Gasteiger charge is -2.33. The van der Waals surface area contributed by atoms with Gasteiger partial charge in [0.15, 0.2) is 0 Å². The Morgan fingerprint density at radius 2 is 1.73 bits per heavy atom. The minimum Gasteiger partial charge on any atom is -0.325 e. The van der Waals surface area contributed by atoms with Gasteiger partial charge in [-0.3, -0.25) is 24.2 Å². The van der Waals surface area contributed by atoms with E-state index < -0.39 is 4.87 Å². The molecule has 3 aromatic rings. The molecule has 3 amide bonds. The second-order valence-corrected chi connectivity index (χ2v) is 9.57. The molecule has 5 rings (SSSR count). The quantitative estimate of drug-likeness (QED) is 0.597. The summed E-state index contributed by atoms with van der Waals surface area (Å²) in [5, 5.41) is 3.39. The number of hydrogen-bond acceptors (Lipinski definition) is 4. The van der Waals surface area contributed by atoms with Gasteiger partial charge in [-0.1, -0.05) is 47.5 Å². The average Bonchev–Trinajstić information content (AvgIpc) is 3.27. The maximum Gasteiger partial charge on any atom is 0.269 e. The van der Waals surface area contributed by atoms with Crippen molar-refractivity contribution in [3.63, 3.8) is 0 Å². The lowest BCUT2D eigenvalue weighted by atomic mass is 10.0. The van der Waals surface area contributed by atoms with Crippen molar-refractivity contribution in [1.29, 1.82) is 0 Å². The lowest BCUT2D eigenvalue weighted by Crippen LogP contribution is -2.50. The molecule has 0 bridgehead atoms. The van der Waals surface area contributed by atoms with Crippen LogP contribution in [0.2, 0.25) is 5.02 Å². The van der Waals surface area contributed by atoms with Crippen molar-refractivity contribution in [2.75, 3.05) is 27.4 Å². The zero-order chi connectivity index (χ0) is 23.2. The fourth-order valence-electron chi connectivity index (χ4n) is 4.28. The average molecular weight is 478 g/mol. The number of nitrogens with one attached hydrogen (secondary N) is 1. The van der Waals surface area contributed by atoms with Crippen molar-refractivity contribution in [3.05, 3.63) is 88.9 Å². The van der Waals surface area contributed by atoms with Crippen LogP contribution in [-0.2, 0) is 19.3 Å². The highest BCUT2D eigenvalue weighted by Crippen LogP contribution is 2.55. The number of halogens is 1. The Kier molecular flexibility index (Phi) is 5.38. The van der Waals surface area contributed by atoms with Crippen LogP contribution in [0.1, 0.15) is 11.1 Å². The molecule has 1 atom stereocenters. The van der Waals surface area contributed by atoms with Crippen molar-refractivity contribution in [3.8, 4) is 0 Å². The molecule has 1 N–H and O–H groups in total. The number of hydrogen-bond donors (Lipinski definition) is 1. The maximum absolute atomic E-state index is 13.9. The number of benzene rings is 3. The molecular formula is C25H20ClN3O3S. The number of para-hydroxylation sites is 1. The molecule has 0 aliphatic carbocycles. The number of rotatable bonds is 4. The molecule has 0 aromatic heterocycles. The van der Waals surface area contributed by atoms with Gasteiger partial charge in [0, 0.05) is 22.0 Å². The molecule has 2 aliphatic rings. The van der Waals surface area contributed by atoms with Crippen LogP contribution in [0.15, 0.2) is 72.8 Å². The minimum atomic E-state index is -1.26. The van der Waals surface area contributed by atoms with E-state index in [9.17, 15) is 14.4 Å². The first-order chi connectivity index (χ1) is 15.9. The highest BCUT2D eigenvalue weighted by atomic mass is 35.5. The van der Waals surface area contributed by atoms with E-state index in [-0.39, 0.29) is 30.0 Å². The van der Waals surface area contributed by atoms with Crippen molar-refractivity contribution in [1.82, 2.24) is 0 Å². The lowest BCUT2D eigenvalue weighted by molar-refractivity contribution is -0.124. The predicted molar refractivity (Wildman–Crippen MR) is 132 cm³/mol. The van der Waals surface area contributed by atoms with Gasteiger partial charge in [-0.2, -0.15) is 0 Å². The Morgan fingerprint density at radius 1 is 1.03 bits per heavy atom. The van der Waals surface area contributed by atoms with Crippen LogP contribution >= 0.6 is 23.4 Å². The summed E-state index contributed by atoms with van der Waals surface area (Å²) in [5.74, 6) is -0.636. The first-order valence-corrected chi connectivity index (χ1v) is 11.8. The van der Waals surface area contributed by atoms with Crippen molar-refractivity contribution >= 4 is 58.1 Å². The predicted octanol–water partition coefficient (Wildman–Crippen LogP) is 4.57. The van der Waals surface area contributed by atoms with E-state index in [1.165, 1.54) is 21.6 Å². The van der Waals surface area contributed by atoms with Gasteiger partial charge in [-0.15, -0.1) is 11.8 Å². The van der Waals surface area contributed by atoms with Gasteiger partial charge in [-0.05, 0) is 49.4 Å². The van der Waals surface area contributed by atoms with Gasteiger partial charge in [0.1, 0.15) is 6.54 Å². The fraction of sp³-hybridized carbons (Fsp3) is 0.160. The molecule has 6 nitrogen and oxygen atoms in total. The van der Waals surface area contributed by atoms with E-state index in [2.05, 4.69) is 5.32 Å². The summed E-state index contributed by atoms with van der Waals surface area (Å²) >= 11 is 7.32. The molecule has 1 spiro atoms. The Bertz CT molecular complexity index is 1260. The summed E-state index contributed by atoms with van der Waals surface area (Å²) in [7, 11) is 0. The maximum atomic E-state index is 13.9. The Hall–Kier alpha value is -3.29. The molecule has 2 aliphatic heterocycles. The molecule has 1 fully saturated rings. The van der Waals surface area contributed by atoms with E-state index >= 15 is 0 Å². The fourth-order valence-corrected chi connectivity index (χ4v) is 5.77. The topological polar surface area (TPSA) is 69.7 Å². The second-order valence-electron chi connectivity index (χ2n) is 7.96. The summed E-state index contributed by atoms with van der Waals surface area (Å²) in [5.41, 5.74) is 3.66. The zero-order valence-electron chi connectivity index (χ0n) is 17.7. The summed E-state index contributed by atoms with van der Waals surface area (Å²) in [4.78, 5) is 41.5. The third-order valence-corrected chi connectivity index (χ3v) is 7.42. The number of fused-ring (bicyclic) bond motifs is 2. The second kappa shape index (κ2) is 8.24. The normalized spacial score (nSPS) is 19.3. The first-order valence-electron chi connectivity index (χ1n) is 10.4. The molecule has 2 heterocycles. The Morgan fingerprint density at radius 3 is 2.45 bits per heavy atom. The van der Waals surface area contributed by atoms with Gasteiger partial charge < -0.3 is 5.32 Å². The third-order valence-electron chi connectivity index (χ3n) is 5.79. The number of carbonyl (C=O) groups is 3. The summed E-state index contributed by atoms with van der Waals surface area (Å²) in [6.45, 7) is 1.81. The van der Waals surface area contributed by atoms with Crippen LogP contribution in [-0.4, -0.2) is 30.0 Å². The van der Waals surface area contributed by atoms with Crippen molar-refractivity contribution < 1.29 is 14.4 Å².